The number of benzene rings is 3. The van der Waals surface area contributed by atoms with Crippen molar-refractivity contribution < 1.29 is 19.2 Å². The van der Waals surface area contributed by atoms with Gasteiger partial charge in [-0.3, -0.25) is 29.4 Å². The van der Waals surface area contributed by atoms with Gasteiger partial charge in [0.25, 0.3) is 5.69 Å². The van der Waals surface area contributed by atoms with E-state index in [1.165, 1.54) is 11.0 Å². The molecule has 0 radical (unpaired) electrons. The van der Waals surface area contributed by atoms with Crippen LogP contribution in [0.25, 0.3) is 0 Å². The fraction of sp³-hybridized carbons (Fsp3) is 0.303. The minimum Gasteiger partial charge on any atom is -0.489 e. The lowest BCUT2D eigenvalue weighted by molar-refractivity contribution is -0.385. The van der Waals surface area contributed by atoms with Crippen LogP contribution in [-0.4, -0.2) is 27.0 Å². The van der Waals surface area contributed by atoms with Crippen molar-refractivity contribution in [3.63, 3.8) is 0 Å². The van der Waals surface area contributed by atoms with E-state index in [2.05, 4.69) is 4.98 Å². The molecule has 3 heterocycles. The van der Waals surface area contributed by atoms with Crippen LogP contribution in [-0.2, 0) is 16.2 Å². The Hall–Kier alpha value is -3.93. The Morgan fingerprint density at radius 3 is 2.49 bits per heavy atom. The molecule has 2 bridgehead atoms. The van der Waals surface area contributed by atoms with Gasteiger partial charge >= 0.3 is 4.87 Å². The molecule has 0 unspecified atom stereocenters. The lowest BCUT2D eigenvalue weighted by atomic mass is 9.68. The first-order valence-corrected chi connectivity index (χ1v) is 16.8. The van der Waals surface area contributed by atoms with Crippen molar-refractivity contribution in [2.24, 2.45) is 29.6 Å². The summed E-state index contributed by atoms with van der Waals surface area (Å²) in [6, 6.07) is 19.2. The zero-order chi connectivity index (χ0) is 31.1. The molecule has 45 heavy (non-hydrogen) atoms. The van der Waals surface area contributed by atoms with Crippen molar-refractivity contribution >= 4 is 57.9 Å². The highest BCUT2D eigenvalue weighted by Crippen LogP contribution is 2.69. The number of nitro benzene ring substituents is 1. The topological polar surface area (TPSA) is 123 Å². The first kappa shape index (κ1) is 28.5. The van der Waals surface area contributed by atoms with Gasteiger partial charge in [0.15, 0.2) is 0 Å². The summed E-state index contributed by atoms with van der Waals surface area (Å²) in [5.41, 5.74) is 3.11. The van der Waals surface area contributed by atoms with Gasteiger partial charge in [0.05, 0.1) is 27.5 Å². The number of imide groups is 1. The van der Waals surface area contributed by atoms with E-state index in [1.807, 2.05) is 31.2 Å². The van der Waals surface area contributed by atoms with E-state index in [4.69, 9.17) is 16.3 Å². The molecule has 2 aliphatic carbocycles. The third-order valence-corrected chi connectivity index (χ3v) is 12.8. The molecular weight excluding hydrogens is 634 g/mol. The van der Waals surface area contributed by atoms with Gasteiger partial charge in [0.1, 0.15) is 12.4 Å². The van der Waals surface area contributed by atoms with Crippen LogP contribution in [0.1, 0.15) is 33.9 Å². The van der Waals surface area contributed by atoms with E-state index >= 15 is 0 Å². The number of non-ortho nitro benzene ring substituents is 1. The number of aromatic nitrogens is 1. The van der Waals surface area contributed by atoms with Gasteiger partial charge in [0.2, 0.25) is 11.8 Å². The van der Waals surface area contributed by atoms with Crippen molar-refractivity contribution in [1.82, 2.24) is 4.98 Å². The van der Waals surface area contributed by atoms with Crippen LogP contribution in [0.5, 0.6) is 5.75 Å². The van der Waals surface area contributed by atoms with Gasteiger partial charge < -0.3 is 9.72 Å². The van der Waals surface area contributed by atoms with Crippen LogP contribution in [0.4, 0.5) is 11.4 Å². The second kappa shape index (κ2) is 10.6. The van der Waals surface area contributed by atoms with Crippen LogP contribution in [0.2, 0.25) is 5.02 Å². The Balaban J connectivity index is 1.23. The Labute approximate surface area is 270 Å². The summed E-state index contributed by atoms with van der Waals surface area (Å²) >= 11 is 8.76. The van der Waals surface area contributed by atoms with Gasteiger partial charge in [-0.15, -0.1) is 11.8 Å². The largest absolute Gasteiger partial charge is 0.489 e. The van der Waals surface area contributed by atoms with Gasteiger partial charge in [-0.2, -0.15) is 0 Å². The number of hydrogen-bond donors (Lipinski definition) is 1. The number of amides is 2. The van der Waals surface area contributed by atoms with Gasteiger partial charge in [-0.05, 0) is 72.6 Å². The number of hydrogen-bond acceptors (Lipinski definition) is 8. The van der Waals surface area contributed by atoms with Crippen LogP contribution < -0.4 is 14.5 Å². The summed E-state index contributed by atoms with van der Waals surface area (Å²) in [6.45, 7) is 2.27. The number of carbonyl (C=O) groups excluding carboxylic acids is 2. The minimum atomic E-state index is -0.505. The smallest absolute Gasteiger partial charge is 0.305 e. The first-order valence-electron chi connectivity index (χ1n) is 14.7. The van der Waals surface area contributed by atoms with E-state index < -0.39 is 22.7 Å². The predicted octanol–water partition coefficient (Wildman–Crippen LogP) is 6.56. The van der Waals surface area contributed by atoms with Crippen molar-refractivity contribution in [2.45, 2.75) is 36.1 Å². The van der Waals surface area contributed by atoms with E-state index in [1.54, 1.807) is 48.2 Å². The predicted molar refractivity (Wildman–Crippen MR) is 171 cm³/mol. The second-order valence-electron chi connectivity index (χ2n) is 12.1. The quantitative estimate of drug-likeness (QED) is 0.141. The number of thioether (sulfide) groups is 1. The second-order valence-corrected chi connectivity index (χ2v) is 14.8. The molecule has 228 valence electrons. The number of ether oxygens (including phenoxy) is 1. The Morgan fingerprint density at radius 1 is 1.02 bits per heavy atom. The van der Waals surface area contributed by atoms with E-state index in [-0.39, 0.29) is 52.0 Å². The third-order valence-electron chi connectivity index (χ3n) is 9.99. The number of aromatic amines is 1. The third kappa shape index (κ3) is 4.39. The number of H-pyrrole nitrogens is 1. The summed E-state index contributed by atoms with van der Waals surface area (Å²) in [6.07, 6.45) is 0.702. The molecule has 2 aliphatic heterocycles. The monoisotopic (exact) mass is 659 g/mol. The van der Waals surface area contributed by atoms with E-state index in [9.17, 15) is 24.5 Å². The Morgan fingerprint density at radius 2 is 1.76 bits per heavy atom. The maximum atomic E-state index is 14.0. The van der Waals surface area contributed by atoms with Crippen LogP contribution >= 0.6 is 34.7 Å². The highest BCUT2D eigenvalue weighted by Gasteiger charge is 2.70. The molecule has 2 saturated carbocycles. The van der Waals surface area contributed by atoms with Crippen LogP contribution in [0, 0.1) is 46.6 Å². The number of fused-ring (bicyclic) bond motifs is 9. The first-order chi connectivity index (χ1) is 21.7. The molecule has 3 aromatic carbocycles. The number of halogens is 1. The summed E-state index contributed by atoms with van der Waals surface area (Å²) in [7, 11) is 0. The highest BCUT2D eigenvalue weighted by atomic mass is 35.5. The normalized spacial score (nSPS) is 27.8. The number of aryl methyl sites for hydroxylation is 1. The molecule has 3 fully saturated rings. The molecule has 12 heteroatoms. The van der Waals surface area contributed by atoms with Crippen molar-refractivity contribution in [2.75, 3.05) is 4.90 Å². The molecule has 1 saturated heterocycles. The SMILES string of the molecule is Cc1ccccc1COc1ccc([N+](=O)[O-])cc1[C@@H]1c2sc(=O)[nH]c2S[C@@H]2[C@@H]3C[C@@H]([C@@H]4C(=O)N(c5ccc(Cl)cc5)C(=O)[C@@H]34)[C@@H]12. The fourth-order valence-corrected chi connectivity index (χ4v) is 11.2. The number of nitro groups is 1. The Kier molecular flexibility index (Phi) is 6.70. The number of thiazole rings is 1. The van der Waals surface area contributed by atoms with E-state index in [0.717, 1.165) is 32.4 Å². The molecule has 1 aromatic heterocycles. The zero-order valence-electron chi connectivity index (χ0n) is 23.8. The van der Waals surface area contributed by atoms with Crippen molar-refractivity contribution in [1.29, 1.82) is 0 Å². The molecule has 0 spiro atoms. The number of anilines is 1. The molecule has 4 aliphatic rings. The van der Waals surface area contributed by atoms with Gasteiger partial charge in [-0.1, -0.05) is 47.2 Å². The maximum absolute atomic E-state index is 14.0. The molecule has 1 N–H and O–H groups in total. The molecule has 9 nitrogen and oxygen atoms in total. The molecule has 4 aromatic rings. The molecule has 2 amide bonds. The summed E-state index contributed by atoms with van der Waals surface area (Å²) in [4.78, 5) is 57.1. The molecular formula is C33H26ClN3O6S2. The lowest BCUT2D eigenvalue weighted by Gasteiger charge is -2.43. The average molecular weight is 660 g/mol. The fourth-order valence-electron chi connectivity index (χ4n) is 8.16. The number of nitrogens with one attached hydrogen (secondary N) is 1. The van der Waals surface area contributed by atoms with Crippen molar-refractivity contribution in [3.05, 3.63) is 113 Å². The Bertz CT molecular complexity index is 1960. The standard InChI is InChI=1S/C33H26ClN3O6S2/c1-15-4-2-3-5-16(15)14-43-23-11-10-19(37(41)42)12-20(23)24-25-21-13-22(28(25)44-30-29(24)45-33(40)35-30)27-26(21)31(38)36(32(27)39)18-8-6-17(34)7-9-18/h2-12,21-22,24-28H,13-14H2,1H3,(H,35,40)/t21-,22-,24+,25+,26+,27+,28-/m1/s1. The van der Waals surface area contributed by atoms with Crippen molar-refractivity contribution in [3.8, 4) is 5.75 Å². The number of nitrogens with zero attached hydrogens (tertiary/aromatic N) is 2. The average Bonchev–Trinajstić information content (AvgIpc) is 3.76. The van der Waals surface area contributed by atoms with Crippen LogP contribution in [0.15, 0.2) is 76.6 Å². The molecule has 8 rings (SSSR count). The summed E-state index contributed by atoms with van der Waals surface area (Å²) in [5, 5.41) is 13.2. The van der Waals surface area contributed by atoms with Gasteiger partial charge in [-0.25, -0.2) is 0 Å². The van der Waals surface area contributed by atoms with Gasteiger partial charge in [0, 0.05) is 38.8 Å². The number of rotatable bonds is 6. The number of carbonyl (C=O) groups is 2. The molecule has 7 atom stereocenters. The summed E-state index contributed by atoms with van der Waals surface area (Å²) < 4.78 is 6.40. The lowest BCUT2D eigenvalue weighted by Crippen LogP contribution is -2.42. The summed E-state index contributed by atoms with van der Waals surface area (Å²) in [5.74, 6) is -1.67. The van der Waals surface area contributed by atoms with Crippen LogP contribution in [0.3, 0.4) is 0 Å². The highest BCUT2D eigenvalue weighted by molar-refractivity contribution is 8.00. The minimum absolute atomic E-state index is 0.0654. The maximum Gasteiger partial charge on any atom is 0.305 e. The van der Waals surface area contributed by atoms with E-state index in [0.29, 0.717) is 28.4 Å². The zero-order valence-corrected chi connectivity index (χ0v) is 26.2.